The summed E-state index contributed by atoms with van der Waals surface area (Å²) in [7, 11) is 7.32. The molecule has 2 aromatic carbocycles. The van der Waals surface area contributed by atoms with Gasteiger partial charge in [0.25, 0.3) is 5.91 Å². The van der Waals surface area contributed by atoms with Crippen LogP contribution in [-0.2, 0) is 11.3 Å². The number of hydrogen-bond acceptors (Lipinski definition) is 4. The predicted octanol–water partition coefficient (Wildman–Crippen LogP) is 2.81. The third-order valence-corrected chi connectivity index (χ3v) is 3.60. The highest BCUT2D eigenvalue weighted by Gasteiger charge is 2.11. The van der Waals surface area contributed by atoms with Crippen molar-refractivity contribution >= 4 is 17.6 Å². The molecule has 0 aliphatic carbocycles. The highest BCUT2D eigenvalue weighted by molar-refractivity contribution is 5.95. The molecule has 0 spiro atoms. The lowest BCUT2D eigenvalue weighted by Crippen LogP contribution is -2.21. The van der Waals surface area contributed by atoms with E-state index in [1.807, 2.05) is 43.3 Å². The number of carbonyl (C=O) groups is 2. The van der Waals surface area contributed by atoms with E-state index >= 15 is 0 Å². The maximum absolute atomic E-state index is 12.1. The Bertz CT molecular complexity index is 704. The Morgan fingerprint density at radius 3 is 1.88 bits per heavy atom. The number of amides is 1. The second kappa shape index (κ2) is 7.64. The van der Waals surface area contributed by atoms with Crippen LogP contribution in [0.5, 0.6) is 0 Å². The van der Waals surface area contributed by atoms with Crippen molar-refractivity contribution in [2.75, 3.05) is 33.1 Å². The third-order valence-electron chi connectivity index (χ3n) is 3.60. The van der Waals surface area contributed by atoms with E-state index in [9.17, 15) is 9.59 Å². The Kier molecular flexibility index (Phi) is 5.58. The van der Waals surface area contributed by atoms with Gasteiger partial charge in [0.1, 0.15) is 6.61 Å². The smallest absolute Gasteiger partial charge is 0.338 e. The van der Waals surface area contributed by atoms with Crippen molar-refractivity contribution in [1.29, 1.82) is 0 Å². The highest BCUT2D eigenvalue weighted by atomic mass is 16.5. The van der Waals surface area contributed by atoms with Gasteiger partial charge in [0.15, 0.2) is 0 Å². The fourth-order valence-electron chi connectivity index (χ4n) is 2.13. The van der Waals surface area contributed by atoms with Gasteiger partial charge < -0.3 is 14.5 Å². The molecule has 5 heteroatoms. The van der Waals surface area contributed by atoms with E-state index in [-0.39, 0.29) is 12.5 Å². The Hall–Kier alpha value is -2.82. The first-order chi connectivity index (χ1) is 11.4. The first-order valence-corrected chi connectivity index (χ1v) is 7.63. The standard InChI is InChI=1S/C19H22N2O3/c1-20(2)17-11-5-14(6-12-17)13-24-19(23)16-9-7-15(8-10-16)18(22)21(3)4/h5-12H,13H2,1-4H3. The highest BCUT2D eigenvalue weighted by Crippen LogP contribution is 2.14. The summed E-state index contributed by atoms with van der Waals surface area (Å²) in [5.41, 5.74) is 2.98. The van der Waals surface area contributed by atoms with Gasteiger partial charge in [-0.3, -0.25) is 4.79 Å². The average molecular weight is 326 g/mol. The van der Waals surface area contributed by atoms with Crippen LogP contribution in [0.1, 0.15) is 26.3 Å². The molecular weight excluding hydrogens is 304 g/mol. The lowest BCUT2D eigenvalue weighted by Gasteiger charge is -2.13. The van der Waals surface area contributed by atoms with Gasteiger partial charge in [0.2, 0.25) is 0 Å². The molecule has 0 radical (unpaired) electrons. The molecule has 0 fully saturated rings. The summed E-state index contributed by atoms with van der Waals surface area (Å²) in [6.07, 6.45) is 0. The summed E-state index contributed by atoms with van der Waals surface area (Å²) < 4.78 is 5.31. The van der Waals surface area contributed by atoms with E-state index in [1.165, 1.54) is 4.90 Å². The van der Waals surface area contributed by atoms with E-state index in [2.05, 4.69) is 0 Å². The minimum absolute atomic E-state index is 0.101. The average Bonchev–Trinajstić information content (AvgIpc) is 2.59. The number of esters is 1. The number of nitrogens with zero attached hydrogens (tertiary/aromatic N) is 2. The maximum atomic E-state index is 12.1. The molecule has 0 bridgehead atoms. The molecule has 5 nitrogen and oxygen atoms in total. The van der Waals surface area contributed by atoms with Crippen LogP contribution in [0.25, 0.3) is 0 Å². The molecule has 0 aromatic heterocycles. The number of anilines is 1. The van der Waals surface area contributed by atoms with Crippen LogP contribution < -0.4 is 4.90 Å². The molecule has 0 saturated carbocycles. The summed E-state index contributed by atoms with van der Waals surface area (Å²) in [5, 5.41) is 0. The Morgan fingerprint density at radius 1 is 0.833 bits per heavy atom. The SMILES string of the molecule is CN(C)C(=O)c1ccc(C(=O)OCc2ccc(N(C)C)cc2)cc1. The fraction of sp³-hybridized carbons (Fsp3) is 0.263. The third kappa shape index (κ3) is 4.35. The summed E-state index contributed by atoms with van der Waals surface area (Å²) in [5.74, 6) is -0.508. The molecular formula is C19H22N2O3. The summed E-state index contributed by atoms with van der Waals surface area (Å²) in [4.78, 5) is 27.4. The van der Waals surface area contributed by atoms with Crippen LogP contribution in [-0.4, -0.2) is 45.0 Å². The minimum atomic E-state index is -0.407. The molecule has 2 rings (SSSR count). The van der Waals surface area contributed by atoms with Crippen molar-refractivity contribution < 1.29 is 14.3 Å². The van der Waals surface area contributed by atoms with Crippen LogP contribution in [0.4, 0.5) is 5.69 Å². The maximum Gasteiger partial charge on any atom is 0.338 e. The van der Waals surface area contributed by atoms with Gasteiger partial charge in [-0.25, -0.2) is 4.79 Å². The van der Waals surface area contributed by atoms with Crippen molar-refractivity contribution in [3.05, 3.63) is 65.2 Å². The zero-order valence-electron chi connectivity index (χ0n) is 14.4. The predicted molar refractivity (Wildman–Crippen MR) is 94.3 cm³/mol. The van der Waals surface area contributed by atoms with Gasteiger partial charge in [-0.2, -0.15) is 0 Å². The molecule has 126 valence electrons. The number of benzene rings is 2. The first-order valence-electron chi connectivity index (χ1n) is 7.63. The van der Waals surface area contributed by atoms with Gasteiger partial charge in [0.05, 0.1) is 5.56 Å². The number of hydrogen-bond donors (Lipinski definition) is 0. The van der Waals surface area contributed by atoms with Gasteiger partial charge in [-0.15, -0.1) is 0 Å². The van der Waals surface area contributed by atoms with Crippen molar-refractivity contribution in [1.82, 2.24) is 4.90 Å². The molecule has 0 heterocycles. The Labute approximate surface area is 142 Å². The Morgan fingerprint density at radius 2 is 1.38 bits per heavy atom. The molecule has 0 unspecified atom stereocenters. The van der Waals surface area contributed by atoms with Crippen molar-refractivity contribution in [2.45, 2.75) is 6.61 Å². The molecule has 2 aromatic rings. The molecule has 0 saturated heterocycles. The fourth-order valence-corrected chi connectivity index (χ4v) is 2.13. The van der Waals surface area contributed by atoms with E-state index in [1.54, 1.807) is 38.4 Å². The number of ether oxygens (including phenoxy) is 1. The van der Waals surface area contributed by atoms with Gasteiger partial charge in [-0.05, 0) is 42.0 Å². The van der Waals surface area contributed by atoms with E-state index in [4.69, 9.17) is 4.74 Å². The number of rotatable bonds is 5. The van der Waals surface area contributed by atoms with Crippen LogP contribution in [0, 0.1) is 0 Å². The van der Waals surface area contributed by atoms with Crippen LogP contribution in [0.2, 0.25) is 0 Å². The van der Waals surface area contributed by atoms with E-state index in [0.717, 1.165) is 11.3 Å². The zero-order chi connectivity index (χ0) is 17.7. The summed E-state index contributed by atoms with van der Waals surface area (Å²) in [6, 6.07) is 14.3. The van der Waals surface area contributed by atoms with Crippen molar-refractivity contribution in [2.24, 2.45) is 0 Å². The van der Waals surface area contributed by atoms with Crippen LogP contribution in [0.3, 0.4) is 0 Å². The van der Waals surface area contributed by atoms with Gasteiger partial charge >= 0.3 is 5.97 Å². The molecule has 24 heavy (non-hydrogen) atoms. The topological polar surface area (TPSA) is 49.9 Å². The normalized spacial score (nSPS) is 10.2. The second-order valence-electron chi connectivity index (χ2n) is 5.91. The quantitative estimate of drug-likeness (QED) is 0.793. The van der Waals surface area contributed by atoms with Crippen LogP contribution >= 0.6 is 0 Å². The Balaban J connectivity index is 1.96. The second-order valence-corrected chi connectivity index (χ2v) is 5.91. The molecule has 0 aliphatic heterocycles. The minimum Gasteiger partial charge on any atom is -0.457 e. The molecule has 0 aliphatic rings. The molecule has 1 amide bonds. The summed E-state index contributed by atoms with van der Waals surface area (Å²) in [6.45, 7) is 0.213. The lowest BCUT2D eigenvalue weighted by atomic mass is 10.1. The van der Waals surface area contributed by atoms with E-state index in [0.29, 0.717) is 11.1 Å². The van der Waals surface area contributed by atoms with Gasteiger partial charge in [0, 0.05) is 39.4 Å². The van der Waals surface area contributed by atoms with Gasteiger partial charge in [-0.1, -0.05) is 12.1 Å². The molecule has 0 N–H and O–H groups in total. The first kappa shape index (κ1) is 17.5. The van der Waals surface area contributed by atoms with Crippen molar-refractivity contribution in [3.8, 4) is 0 Å². The molecule has 0 atom stereocenters. The van der Waals surface area contributed by atoms with Crippen molar-refractivity contribution in [3.63, 3.8) is 0 Å². The monoisotopic (exact) mass is 326 g/mol. The van der Waals surface area contributed by atoms with E-state index < -0.39 is 5.97 Å². The zero-order valence-corrected chi connectivity index (χ0v) is 14.4. The van der Waals surface area contributed by atoms with Crippen LogP contribution in [0.15, 0.2) is 48.5 Å². The summed E-state index contributed by atoms with van der Waals surface area (Å²) >= 11 is 0. The number of carbonyl (C=O) groups excluding carboxylic acids is 2. The lowest BCUT2D eigenvalue weighted by molar-refractivity contribution is 0.0472. The largest absolute Gasteiger partial charge is 0.457 e.